The highest BCUT2D eigenvalue weighted by Gasteiger charge is 2.15. The number of phenolic OH excluding ortho intramolecular Hbond substituents is 1. The second kappa shape index (κ2) is 6.21. The van der Waals surface area contributed by atoms with Crippen LogP contribution in [0.1, 0.15) is 15.9 Å². The zero-order chi connectivity index (χ0) is 16.4. The number of nitrogens with zero attached hydrogens (tertiary/aromatic N) is 1. The molecule has 0 aliphatic heterocycles. The molecule has 0 heterocycles. The second-order valence-corrected chi connectivity index (χ2v) is 5.32. The van der Waals surface area contributed by atoms with E-state index in [2.05, 4.69) is 5.32 Å². The Morgan fingerprint density at radius 3 is 2.32 bits per heavy atom. The van der Waals surface area contributed by atoms with Gasteiger partial charge in [0.25, 0.3) is 11.6 Å². The van der Waals surface area contributed by atoms with Crippen LogP contribution in [0.2, 0.25) is 10.0 Å². The minimum atomic E-state index is -0.517. The number of hydrogen-bond acceptors (Lipinski definition) is 4. The Morgan fingerprint density at radius 1 is 1.23 bits per heavy atom. The standard InChI is InChI=1S/C14H10Cl2N2O4/c1-7-4-8(2-3-12(7)18(21)22)14(20)17-9-5-10(15)13(19)11(16)6-9/h2-6,19H,1H3,(H,17,20). The molecule has 22 heavy (non-hydrogen) atoms. The van der Waals surface area contributed by atoms with Crippen molar-refractivity contribution in [2.75, 3.05) is 5.32 Å². The minimum absolute atomic E-state index is 0.00248. The second-order valence-electron chi connectivity index (χ2n) is 4.50. The van der Waals surface area contributed by atoms with Crippen molar-refractivity contribution < 1.29 is 14.8 Å². The van der Waals surface area contributed by atoms with Crippen molar-refractivity contribution in [1.29, 1.82) is 0 Å². The molecule has 0 spiro atoms. The summed E-state index contributed by atoms with van der Waals surface area (Å²) in [7, 11) is 0. The number of nitro benzene ring substituents is 1. The number of carbonyl (C=O) groups is 1. The van der Waals surface area contributed by atoms with Gasteiger partial charge >= 0.3 is 0 Å². The zero-order valence-corrected chi connectivity index (χ0v) is 12.8. The summed E-state index contributed by atoms with van der Waals surface area (Å²) in [6, 6.07) is 6.72. The van der Waals surface area contributed by atoms with Crippen LogP contribution in [0.25, 0.3) is 0 Å². The molecule has 0 aromatic heterocycles. The number of halogens is 2. The highest BCUT2D eigenvalue weighted by molar-refractivity contribution is 6.37. The lowest BCUT2D eigenvalue weighted by atomic mass is 10.1. The van der Waals surface area contributed by atoms with Gasteiger partial charge in [-0.2, -0.15) is 0 Å². The molecule has 6 nitrogen and oxygen atoms in total. The number of carbonyl (C=O) groups excluding carboxylic acids is 1. The van der Waals surface area contributed by atoms with Crippen molar-refractivity contribution in [3.8, 4) is 5.75 Å². The number of hydrogen-bond donors (Lipinski definition) is 2. The Morgan fingerprint density at radius 2 is 1.82 bits per heavy atom. The lowest BCUT2D eigenvalue weighted by molar-refractivity contribution is -0.385. The van der Waals surface area contributed by atoms with Gasteiger partial charge in [-0.05, 0) is 31.2 Å². The van der Waals surface area contributed by atoms with Crippen molar-refractivity contribution in [2.45, 2.75) is 6.92 Å². The van der Waals surface area contributed by atoms with Crippen LogP contribution in [-0.2, 0) is 0 Å². The Bertz CT molecular complexity index is 754. The van der Waals surface area contributed by atoms with E-state index in [0.29, 0.717) is 11.3 Å². The fraction of sp³-hybridized carbons (Fsp3) is 0.0714. The van der Waals surface area contributed by atoms with Crippen molar-refractivity contribution in [3.05, 3.63) is 61.6 Å². The predicted octanol–water partition coefficient (Wildman–Crippen LogP) is 4.17. The number of nitro groups is 1. The molecule has 0 aliphatic rings. The van der Waals surface area contributed by atoms with E-state index in [9.17, 15) is 20.0 Å². The maximum Gasteiger partial charge on any atom is 0.272 e. The molecule has 2 rings (SSSR count). The third kappa shape index (κ3) is 3.29. The summed E-state index contributed by atoms with van der Waals surface area (Å²) in [4.78, 5) is 22.4. The topological polar surface area (TPSA) is 92.5 Å². The molecule has 0 fully saturated rings. The zero-order valence-electron chi connectivity index (χ0n) is 11.3. The van der Waals surface area contributed by atoms with Crippen LogP contribution >= 0.6 is 23.2 Å². The lowest BCUT2D eigenvalue weighted by Crippen LogP contribution is -2.12. The van der Waals surface area contributed by atoms with Gasteiger partial charge in [0.05, 0.1) is 15.0 Å². The molecule has 0 saturated heterocycles. The molecule has 0 bridgehead atoms. The SMILES string of the molecule is Cc1cc(C(=O)Nc2cc(Cl)c(O)c(Cl)c2)ccc1[N+](=O)[O-]. The van der Waals surface area contributed by atoms with Gasteiger partial charge in [0.2, 0.25) is 0 Å². The molecule has 0 aliphatic carbocycles. The first-order valence-corrected chi connectivity index (χ1v) is 6.79. The third-order valence-electron chi connectivity index (χ3n) is 2.93. The van der Waals surface area contributed by atoms with E-state index < -0.39 is 10.8 Å². The van der Waals surface area contributed by atoms with E-state index in [0.717, 1.165) is 0 Å². The molecular formula is C14H10Cl2N2O4. The number of aromatic hydroxyl groups is 1. The van der Waals surface area contributed by atoms with Crippen LogP contribution in [-0.4, -0.2) is 15.9 Å². The first-order chi connectivity index (χ1) is 10.3. The largest absolute Gasteiger partial charge is 0.505 e. The molecule has 0 radical (unpaired) electrons. The van der Waals surface area contributed by atoms with E-state index in [-0.39, 0.29) is 27.0 Å². The monoisotopic (exact) mass is 340 g/mol. The Labute approximate surface area is 135 Å². The van der Waals surface area contributed by atoms with Gasteiger partial charge in [-0.15, -0.1) is 0 Å². The Kier molecular flexibility index (Phi) is 4.54. The van der Waals surface area contributed by atoms with Crippen LogP contribution in [0.4, 0.5) is 11.4 Å². The van der Waals surface area contributed by atoms with Crippen molar-refractivity contribution in [2.24, 2.45) is 0 Å². The summed E-state index contributed by atoms with van der Waals surface area (Å²) in [5.74, 6) is -0.747. The van der Waals surface area contributed by atoms with E-state index in [4.69, 9.17) is 23.2 Å². The van der Waals surface area contributed by atoms with Gasteiger partial charge in [0.1, 0.15) is 0 Å². The van der Waals surface area contributed by atoms with E-state index in [1.807, 2.05) is 0 Å². The maximum atomic E-state index is 12.1. The number of aryl methyl sites for hydroxylation is 1. The number of anilines is 1. The average Bonchev–Trinajstić information content (AvgIpc) is 2.44. The normalized spacial score (nSPS) is 10.3. The summed E-state index contributed by atoms with van der Waals surface area (Å²) in [5, 5.41) is 22.8. The molecule has 0 unspecified atom stereocenters. The number of rotatable bonds is 3. The van der Waals surface area contributed by atoms with Crippen LogP contribution in [0.15, 0.2) is 30.3 Å². The van der Waals surface area contributed by atoms with Gasteiger partial charge in [0.15, 0.2) is 5.75 Å². The van der Waals surface area contributed by atoms with Crippen molar-refractivity contribution in [1.82, 2.24) is 0 Å². The molecular weight excluding hydrogens is 331 g/mol. The van der Waals surface area contributed by atoms with Crippen LogP contribution < -0.4 is 5.32 Å². The molecule has 2 aromatic rings. The van der Waals surface area contributed by atoms with Crippen LogP contribution in [0.3, 0.4) is 0 Å². The molecule has 0 atom stereocenters. The van der Waals surface area contributed by atoms with E-state index in [1.165, 1.54) is 30.3 Å². The smallest absolute Gasteiger partial charge is 0.272 e. The summed E-state index contributed by atoms with van der Waals surface area (Å²) in [6.45, 7) is 1.54. The van der Waals surface area contributed by atoms with Gasteiger partial charge < -0.3 is 10.4 Å². The summed E-state index contributed by atoms with van der Waals surface area (Å²) >= 11 is 11.5. The minimum Gasteiger partial charge on any atom is -0.505 e. The number of phenols is 1. The Balaban J connectivity index is 2.26. The fourth-order valence-corrected chi connectivity index (χ4v) is 2.33. The number of nitrogens with one attached hydrogen (secondary N) is 1. The van der Waals surface area contributed by atoms with Crippen LogP contribution in [0.5, 0.6) is 5.75 Å². The van der Waals surface area contributed by atoms with Gasteiger partial charge in [-0.1, -0.05) is 23.2 Å². The van der Waals surface area contributed by atoms with Crippen LogP contribution in [0, 0.1) is 17.0 Å². The van der Waals surface area contributed by atoms with Gasteiger partial charge in [-0.25, -0.2) is 0 Å². The first-order valence-electron chi connectivity index (χ1n) is 6.04. The molecule has 2 N–H and O–H groups in total. The maximum absolute atomic E-state index is 12.1. The van der Waals surface area contributed by atoms with Gasteiger partial charge in [0, 0.05) is 22.9 Å². The predicted molar refractivity (Wildman–Crippen MR) is 83.9 cm³/mol. The van der Waals surface area contributed by atoms with E-state index in [1.54, 1.807) is 6.92 Å². The molecule has 114 valence electrons. The van der Waals surface area contributed by atoms with Gasteiger partial charge in [-0.3, -0.25) is 14.9 Å². The van der Waals surface area contributed by atoms with Crippen molar-refractivity contribution in [3.63, 3.8) is 0 Å². The first kappa shape index (κ1) is 16.1. The number of amides is 1. The molecule has 8 heteroatoms. The molecule has 1 amide bonds. The number of benzene rings is 2. The fourth-order valence-electron chi connectivity index (χ4n) is 1.84. The quantitative estimate of drug-likeness (QED) is 0.498. The third-order valence-corrected chi connectivity index (χ3v) is 3.51. The molecule has 0 saturated carbocycles. The van der Waals surface area contributed by atoms with Crippen molar-refractivity contribution >= 4 is 40.5 Å². The highest BCUT2D eigenvalue weighted by atomic mass is 35.5. The Hall–Kier alpha value is -2.31. The lowest BCUT2D eigenvalue weighted by Gasteiger charge is -2.08. The highest BCUT2D eigenvalue weighted by Crippen LogP contribution is 2.34. The summed E-state index contributed by atoms with van der Waals surface area (Å²) in [5.41, 5.74) is 0.865. The molecule has 2 aromatic carbocycles. The summed E-state index contributed by atoms with van der Waals surface area (Å²) in [6.07, 6.45) is 0. The summed E-state index contributed by atoms with van der Waals surface area (Å²) < 4.78 is 0. The van der Waals surface area contributed by atoms with E-state index >= 15 is 0 Å². The average molecular weight is 341 g/mol.